The van der Waals surface area contributed by atoms with Crippen molar-refractivity contribution in [2.75, 3.05) is 6.54 Å². The minimum absolute atomic E-state index is 0.210. The van der Waals surface area contributed by atoms with Crippen LogP contribution in [0.1, 0.15) is 50.9 Å². The molecular weight excluding hydrogens is 489 g/mol. The fourth-order valence-corrected chi connectivity index (χ4v) is 3.69. The molecule has 2 aromatic carbocycles. The molecule has 0 aliphatic carbocycles. The maximum Gasteiger partial charge on any atom is 0.573 e. The second kappa shape index (κ2) is 12.1. The summed E-state index contributed by atoms with van der Waals surface area (Å²) in [6.45, 7) is 1.82. The van der Waals surface area contributed by atoms with Gasteiger partial charge in [0.25, 0.3) is 5.91 Å². The number of halogens is 3. The predicted molar refractivity (Wildman–Crippen MR) is 130 cm³/mol. The fraction of sp³-hybridized carbons (Fsp3) is 0.222. The number of aliphatic carboxylic acids is 1. The number of aromatic nitrogens is 1. The fourth-order valence-electron chi connectivity index (χ4n) is 3.69. The summed E-state index contributed by atoms with van der Waals surface area (Å²) in [6.07, 6.45) is 1.95. The standard InChI is InChI=1S/C27H25F3N2O5/c1-2-5-19-9-8-18(16-22(19)26(36)31-17-24(33)34)6-3-14-32-15-4-7-23(32)25(35)20-10-12-21(13-11-20)37-27(28,29)30/h3-4,6-13,15-16H,2,5,14,17H2,1H3,(H,31,36)(H,33,34)/b6-3+. The lowest BCUT2D eigenvalue weighted by molar-refractivity contribution is -0.274. The van der Waals surface area contributed by atoms with Gasteiger partial charge in [0.15, 0.2) is 0 Å². The number of benzene rings is 2. The summed E-state index contributed by atoms with van der Waals surface area (Å²) >= 11 is 0. The van der Waals surface area contributed by atoms with Crippen molar-refractivity contribution in [1.82, 2.24) is 9.88 Å². The Balaban J connectivity index is 1.73. The molecule has 0 unspecified atom stereocenters. The number of nitrogens with zero attached hydrogens (tertiary/aromatic N) is 1. The topological polar surface area (TPSA) is 97.6 Å². The maximum atomic E-state index is 12.9. The Kier molecular flexibility index (Phi) is 8.89. The van der Waals surface area contributed by atoms with E-state index in [1.165, 1.54) is 12.1 Å². The van der Waals surface area contributed by atoms with Crippen LogP contribution in [0.5, 0.6) is 5.75 Å². The average Bonchev–Trinajstić information content (AvgIpc) is 3.31. The zero-order valence-electron chi connectivity index (χ0n) is 19.9. The number of ketones is 1. The van der Waals surface area contributed by atoms with Crippen LogP contribution in [0.3, 0.4) is 0 Å². The van der Waals surface area contributed by atoms with Crippen molar-refractivity contribution in [3.05, 3.63) is 94.8 Å². The van der Waals surface area contributed by atoms with E-state index >= 15 is 0 Å². The van der Waals surface area contributed by atoms with Crippen LogP contribution in [0.25, 0.3) is 6.08 Å². The molecule has 3 aromatic rings. The van der Waals surface area contributed by atoms with Crippen molar-refractivity contribution in [3.8, 4) is 5.75 Å². The van der Waals surface area contributed by atoms with Crippen molar-refractivity contribution >= 4 is 23.7 Å². The Labute approximate surface area is 211 Å². The largest absolute Gasteiger partial charge is 0.573 e. The molecule has 0 aliphatic rings. The molecule has 1 amide bonds. The number of allylic oxidation sites excluding steroid dienone is 1. The van der Waals surface area contributed by atoms with E-state index in [9.17, 15) is 27.6 Å². The molecule has 194 valence electrons. The highest BCUT2D eigenvalue weighted by Crippen LogP contribution is 2.23. The Morgan fingerprint density at radius 3 is 2.46 bits per heavy atom. The first-order chi connectivity index (χ1) is 17.6. The van der Waals surface area contributed by atoms with Crippen molar-refractivity contribution in [2.45, 2.75) is 32.7 Å². The summed E-state index contributed by atoms with van der Waals surface area (Å²) in [5, 5.41) is 11.2. The van der Waals surface area contributed by atoms with E-state index in [0.29, 0.717) is 24.2 Å². The molecule has 0 radical (unpaired) electrons. The van der Waals surface area contributed by atoms with E-state index < -0.39 is 30.5 Å². The van der Waals surface area contributed by atoms with Crippen LogP contribution >= 0.6 is 0 Å². The first kappa shape index (κ1) is 27.3. The number of alkyl halides is 3. The SMILES string of the molecule is CCCc1ccc(/C=C/Cn2cccc2C(=O)c2ccc(OC(F)(F)F)cc2)cc1C(=O)NCC(=O)O. The molecule has 3 rings (SSSR count). The highest BCUT2D eigenvalue weighted by atomic mass is 19.4. The van der Waals surface area contributed by atoms with E-state index in [2.05, 4.69) is 10.1 Å². The van der Waals surface area contributed by atoms with Crippen LogP contribution < -0.4 is 10.1 Å². The van der Waals surface area contributed by atoms with Gasteiger partial charge in [0.2, 0.25) is 5.78 Å². The van der Waals surface area contributed by atoms with E-state index in [0.717, 1.165) is 29.7 Å². The van der Waals surface area contributed by atoms with Gasteiger partial charge in [0.05, 0.1) is 5.69 Å². The van der Waals surface area contributed by atoms with E-state index in [1.54, 1.807) is 41.1 Å². The maximum absolute atomic E-state index is 12.9. The molecule has 0 aliphatic heterocycles. The number of ether oxygens (including phenoxy) is 1. The molecule has 7 nitrogen and oxygen atoms in total. The van der Waals surface area contributed by atoms with Gasteiger partial charge in [-0.05, 0) is 60.0 Å². The highest BCUT2D eigenvalue weighted by molar-refractivity contribution is 6.08. The normalized spacial score (nSPS) is 11.5. The van der Waals surface area contributed by atoms with Gasteiger partial charge in [-0.15, -0.1) is 13.2 Å². The number of aryl methyl sites for hydroxylation is 1. The molecule has 0 bridgehead atoms. The lowest BCUT2D eigenvalue weighted by atomic mass is 9.99. The van der Waals surface area contributed by atoms with Gasteiger partial charge in [0.1, 0.15) is 12.3 Å². The summed E-state index contributed by atoms with van der Waals surface area (Å²) in [5.41, 5.74) is 2.50. The van der Waals surface area contributed by atoms with Gasteiger partial charge in [-0.2, -0.15) is 0 Å². The van der Waals surface area contributed by atoms with Gasteiger partial charge in [0, 0.05) is 23.9 Å². The Morgan fingerprint density at radius 1 is 1.08 bits per heavy atom. The van der Waals surface area contributed by atoms with Crippen LogP contribution in [-0.4, -0.2) is 40.2 Å². The van der Waals surface area contributed by atoms with Crippen molar-refractivity contribution < 1.29 is 37.4 Å². The quantitative estimate of drug-likeness (QED) is 0.347. The molecule has 0 atom stereocenters. The highest BCUT2D eigenvalue weighted by Gasteiger charge is 2.31. The minimum atomic E-state index is -4.81. The van der Waals surface area contributed by atoms with E-state index in [4.69, 9.17) is 5.11 Å². The monoisotopic (exact) mass is 514 g/mol. The number of carbonyl (C=O) groups is 3. The first-order valence-corrected chi connectivity index (χ1v) is 11.4. The lowest BCUT2D eigenvalue weighted by Crippen LogP contribution is -2.30. The number of nitrogens with one attached hydrogen (secondary N) is 1. The third kappa shape index (κ3) is 7.83. The minimum Gasteiger partial charge on any atom is -0.480 e. The van der Waals surface area contributed by atoms with Gasteiger partial charge < -0.3 is 19.7 Å². The van der Waals surface area contributed by atoms with Gasteiger partial charge in [-0.3, -0.25) is 14.4 Å². The molecule has 1 heterocycles. The van der Waals surface area contributed by atoms with Crippen molar-refractivity contribution in [1.29, 1.82) is 0 Å². The zero-order valence-corrected chi connectivity index (χ0v) is 19.9. The Morgan fingerprint density at radius 2 is 1.81 bits per heavy atom. The lowest BCUT2D eigenvalue weighted by Gasteiger charge is -2.10. The number of carboxylic acid groups (broad SMARTS) is 1. The molecule has 2 N–H and O–H groups in total. The Bertz CT molecular complexity index is 1290. The third-order valence-corrected chi connectivity index (χ3v) is 5.32. The third-order valence-electron chi connectivity index (χ3n) is 5.32. The number of hydrogen-bond donors (Lipinski definition) is 2. The summed E-state index contributed by atoms with van der Waals surface area (Å²) in [7, 11) is 0. The second-order valence-electron chi connectivity index (χ2n) is 8.09. The summed E-state index contributed by atoms with van der Waals surface area (Å²) in [6, 6.07) is 13.4. The molecule has 0 fully saturated rings. The molecule has 0 spiro atoms. The van der Waals surface area contributed by atoms with Crippen LogP contribution in [-0.2, 0) is 17.8 Å². The molecular formula is C27H25F3N2O5. The summed E-state index contributed by atoms with van der Waals surface area (Å²) in [5.74, 6) is -2.38. The van der Waals surface area contributed by atoms with Gasteiger partial charge >= 0.3 is 12.3 Å². The van der Waals surface area contributed by atoms with E-state index in [-0.39, 0.29) is 11.3 Å². The van der Waals surface area contributed by atoms with Crippen LogP contribution in [0.4, 0.5) is 13.2 Å². The van der Waals surface area contributed by atoms with Crippen LogP contribution in [0.15, 0.2) is 66.9 Å². The number of carboxylic acids is 1. The zero-order chi connectivity index (χ0) is 27.0. The summed E-state index contributed by atoms with van der Waals surface area (Å²) in [4.78, 5) is 36.2. The summed E-state index contributed by atoms with van der Waals surface area (Å²) < 4.78 is 42.6. The van der Waals surface area contributed by atoms with Crippen molar-refractivity contribution in [3.63, 3.8) is 0 Å². The molecule has 10 heteroatoms. The van der Waals surface area contributed by atoms with Crippen LogP contribution in [0.2, 0.25) is 0 Å². The predicted octanol–water partition coefficient (Wildman–Crippen LogP) is 5.10. The van der Waals surface area contributed by atoms with Gasteiger partial charge in [-0.25, -0.2) is 0 Å². The molecule has 0 saturated carbocycles. The smallest absolute Gasteiger partial charge is 0.480 e. The average molecular weight is 515 g/mol. The number of rotatable bonds is 11. The molecule has 0 saturated heterocycles. The second-order valence-corrected chi connectivity index (χ2v) is 8.09. The molecule has 1 aromatic heterocycles. The molecule has 37 heavy (non-hydrogen) atoms. The van der Waals surface area contributed by atoms with Gasteiger partial charge in [-0.1, -0.05) is 37.6 Å². The Hall–Kier alpha value is -4.34. The van der Waals surface area contributed by atoms with Crippen molar-refractivity contribution in [2.24, 2.45) is 0 Å². The van der Waals surface area contributed by atoms with Crippen LogP contribution in [0, 0.1) is 0 Å². The number of hydrogen-bond acceptors (Lipinski definition) is 4. The number of carbonyl (C=O) groups excluding carboxylic acids is 2. The number of amides is 1. The first-order valence-electron chi connectivity index (χ1n) is 11.4. The van der Waals surface area contributed by atoms with E-state index in [1.807, 2.05) is 19.1 Å².